The minimum absolute atomic E-state index is 0.115. The molecule has 0 aliphatic rings. The molecule has 0 aliphatic carbocycles. The van der Waals surface area contributed by atoms with Crippen LogP contribution in [0.5, 0.6) is 11.5 Å². The van der Waals surface area contributed by atoms with E-state index in [-0.39, 0.29) is 6.04 Å². The molecular weight excluding hydrogens is 228 g/mol. The van der Waals surface area contributed by atoms with E-state index >= 15 is 0 Å². The summed E-state index contributed by atoms with van der Waals surface area (Å²) in [7, 11) is 3.31. The summed E-state index contributed by atoms with van der Waals surface area (Å²) in [6.45, 7) is 4.35. The second-order valence-electron chi connectivity index (χ2n) is 4.37. The van der Waals surface area contributed by atoms with Gasteiger partial charge < -0.3 is 9.47 Å². The maximum absolute atomic E-state index is 5.71. The monoisotopic (exact) mass is 252 g/mol. The lowest BCUT2D eigenvalue weighted by Gasteiger charge is -2.25. The number of hydrogen-bond donors (Lipinski definition) is 2. The number of nitrogens with one attached hydrogen (secondary N) is 1. The molecule has 102 valence electrons. The van der Waals surface area contributed by atoms with Gasteiger partial charge in [-0.05, 0) is 23.6 Å². The van der Waals surface area contributed by atoms with Crippen molar-refractivity contribution >= 4 is 0 Å². The number of hydrazine groups is 1. The highest BCUT2D eigenvalue weighted by Gasteiger charge is 2.20. The Morgan fingerprint density at radius 1 is 1.06 bits per heavy atom. The molecule has 1 rings (SSSR count). The quantitative estimate of drug-likeness (QED) is 0.578. The second kappa shape index (κ2) is 7.24. The van der Waals surface area contributed by atoms with E-state index in [1.807, 2.05) is 18.2 Å². The molecule has 1 aromatic carbocycles. The van der Waals surface area contributed by atoms with Gasteiger partial charge in [0.1, 0.15) is 11.5 Å². The fourth-order valence-corrected chi connectivity index (χ4v) is 2.27. The smallest absolute Gasteiger partial charge is 0.122 e. The van der Waals surface area contributed by atoms with Crippen LogP contribution >= 0.6 is 0 Å². The van der Waals surface area contributed by atoms with E-state index < -0.39 is 0 Å². The summed E-state index contributed by atoms with van der Waals surface area (Å²) in [5.74, 6) is 7.78. The number of benzene rings is 1. The largest absolute Gasteiger partial charge is 0.497 e. The Morgan fingerprint density at radius 2 is 1.56 bits per heavy atom. The van der Waals surface area contributed by atoms with Gasteiger partial charge in [0.25, 0.3) is 0 Å². The SMILES string of the molecule is CCC(CC)C(NN)c1cc(OC)cc(OC)c1. The zero-order valence-electron chi connectivity index (χ0n) is 11.7. The van der Waals surface area contributed by atoms with Crippen molar-refractivity contribution in [2.45, 2.75) is 32.7 Å². The Balaban J connectivity index is 3.11. The van der Waals surface area contributed by atoms with Crippen LogP contribution in [0.25, 0.3) is 0 Å². The van der Waals surface area contributed by atoms with Crippen molar-refractivity contribution in [3.8, 4) is 11.5 Å². The van der Waals surface area contributed by atoms with Gasteiger partial charge in [0.2, 0.25) is 0 Å². The second-order valence-corrected chi connectivity index (χ2v) is 4.37. The first-order chi connectivity index (χ1) is 8.69. The van der Waals surface area contributed by atoms with Crippen molar-refractivity contribution in [3.63, 3.8) is 0 Å². The summed E-state index contributed by atoms with van der Waals surface area (Å²) in [5.41, 5.74) is 4.01. The number of nitrogens with two attached hydrogens (primary N) is 1. The van der Waals surface area contributed by atoms with E-state index in [2.05, 4.69) is 19.3 Å². The van der Waals surface area contributed by atoms with Crippen molar-refractivity contribution < 1.29 is 9.47 Å². The molecule has 0 amide bonds. The van der Waals surface area contributed by atoms with Crippen molar-refractivity contribution in [2.24, 2.45) is 11.8 Å². The van der Waals surface area contributed by atoms with Crippen LogP contribution in [0.3, 0.4) is 0 Å². The zero-order chi connectivity index (χ0) is 13.5. The molecule has 0 radical (unpaired) electrons. The van der Waals surface area contributed by atoms with E-state index in [9.17, 15) is 0 Å². The summed E-state index contributed by atoms with van der Waals surface area (Å²) >= 11 is 0. The van der Waals surface area contributed by atoms with Crippen LogP contribution in [-0.2, 0) is 0 Å². The van der Waals surface area contributed by atoms with Crippen molar-refractivity contribution in [1.82, 2.24) is 5.43 Å². The molecule has 0 aliphatic heterocycles. The Bertz CT molecular complexity index is 343. The summed E-state index contributed by atoms with van der Waals surface area (Å²) < 4.78 is 10.6. The summed E-state index contributed by atoms with van der Waals surface area (Å²) in [6, 6.07) is 5.99. The molecule has 0 spiro atoms. The van der Waals surface area contributed by atoms with Gasteiger partial charge in [-0.15, -0.1) is 0 Å². The first-order valence-electron chi connectivity index (χ1n) is 6.39. The van der Waals surface area contributed by atoms with Crippen LogP contribution in [0.15, 0.2) is 18.2 Å². The first-order valence-corrected chi connectivity index (χ1v) is 6.39. The Hall–Kier alpha value is -1.26. The lowest BCUT2D eigenvalue weighted by atomic mass is 9.89. The van der Waals surface area contributed by atoms with Crippen molar-refractivity contribution in [2.75, 3.05) is 14.2 Å². The Morgan fingerprint density at radius 3 is 1.89 bits per heavy atom. The third-order valence-electron chi connectivity index (χ3n) is 3.43. The summed E-state index contributed by atoms with van der Waals surface area (Å²) in [4.78, 5) is 0. The van der Waals surface area contributed by atoms with Gasteiger partial charge in [0.15, 0.2) is 0 Å². The molecule has 18 heavy (non-hydrogen) atoms. The molecule has 0 heterocycles. The molecule has 0 saturated carbocycles. The van der Waals surface area contributed by atoms with Crippen LogP contribution in [-0.4, -0.2) is 14.2 Å². The third kappa shape index (κ3) is 3.37. The molecule has 1 unspecified atom stereocenters. The normalized spacial score (nSPS) is 12.6. The third-order valence-corrected chi connectivity index (χ3v) is 3.43. The standard InChI is InChI=1S/C14H24N2O2/c1-5-10(6-2)14(16-15)11-7-12(17-3)9-13(8-11)18-4/h7-10,14,16H,5-6,15H2,1-4H3. The molecule has 1 atom stereocenters. The molecule has 0 saturated heterocycles. The minimum atomic E-state index is 0.115. The topological polar surface area (TPSA) is 56.5 Å². The molecule has 1 aromatic rings. The van der Waals surface area contributed by atoms with Gasteiger partial charge in [0, 0.05) is 12.1 Å². The van der Waals surface area contributed by atoms with Gasteiger partial charge in [-0.2, -0.15) is 0 Å². The van der Waals surface area contributed by atoms with E-state index in [4.69, 9.17) is 15.3 Å². The number of hydrogen-bond acceptors (Lipinski definition) is 4. The average molecular weight is 252 g/mol. The van der Waals surface area contributed by atoms with Gasteiger partial charge in [-0.3, -0.25) is 11.3 Å². The highest BCUT2D eigenvalue weighted by atomic mass is 16.5. The lowest BCUT2D eigenvalue weighted by molar-refractivity contribution is 0.340. The molecule has 4 heteroatoms. The molecular formula is C14H24N2O2. The summed E-state index contributed by atoms with van der Waals surface area (Å²) in [6.07, 6.45) is 2.15. The number of methoxy groups -OCH3 is 2. The van der Waals surface area contributed by atoms with E-state index in [1.54, 1.807) is 14.2 Å². The molecule has 0 aromatic heterocycles. The zero-order valence-corrected chi connectivity index (χ0v) is 11.7. The predicted octanol–water partition coefficient (Wildman–Crippen LogP) is 2.64. The van der Waals surface area contributed by atoms with E-state index in [1.165, 1.54) is 0 Å². The van der Waals surface area contributed by atoms with Crippen molar-refractivity contribution in [1.29, 1.82) is 0 Å². The Labute approximate surface area is 109 Å². The van der Waals surface area contributed by atoms with Crippen molar-refractivity contribution in [3.05, 3.63) is 23.8 Å². The fourth-order valence-electron chi connectivity index (χ4n) is 2.27. The fraction of sp³-hybridized carbons (Fsp3) is 0.571. The van der Waals surface area contributed by atoms with Crippen LogP contribution in [0.4, 0.5) is 0 Å². The predicted molar refractivity (Wildman–Crippen MR) is 73.7 cm³/mol. The Kier molecular flexibility index (Phi) is 5.95. The maximum Gasteiger partial charge on any atom is 0.122 e. The van der Waals surface area contributed by atoms with Crippen LogP contribution in [0.1, 0.15) is 38.3 Å². The van der Waals surface area contributed by atoms with Gasteiger partial charge in [-0.1, -0.05) is 26.7 Å². The molecule has 4 nitrogen and oxygen atoms in total. The average Bonchev–Trinajstić information content (AvgIpc) is 2.43. The lowest BCUT2D eigenvalue weighted by Crippen LogP contribution is -2.33. The minimum Gasteiger partial charge on any atom is -0.497 e. The van der Waals surface area contributed by atoms with Crippen LogP contribution in [0.2, 0.25) is 0 Å². The van der Waals surface area contributed by atoms with Gasteiger partial charge in [0.05, 0.1) is 14.2 Å². The van der Waals surface area contributed by atoms with E-state index in [0.717, 1.165) is 29.9 Å². The molecule has 3 N–H and O–H groups in total. The first kappa shape index (κ1) is 14.8. The van der Waals surface area contributed by atoms with Crippen LogP contribution in [0, 0.1) is 5.92 Å². The van der Waals surface area contributed by atoms with Gasteiger partial charge >= 0.3 is 0 Å². The van der Waals surface area contributed by atoms with Crippen LogP contribution < -0.4 is 20.7 Å². The van der Waals surface area contributed by atoms with E-state index in [0.29, 0.717) is 5.92 Å². The highest BCUT2D eigenvalue weighted by Crippen LogP contribution is 2.32. The summed E-state index contributed by atoms with van der Waals surface area (Å²) in [5, 5.41) is 0. The number of ether oxygens (including phenoxy) is 2. The van der Waals surface area contributed by atoms with Gasteiger partial charge in [-0.25, -0.2) is 0 Å². The highest BCUT2D eigenvalue weighted by molar-refractivity contribution is 5.40. The number of rotatable bonds is 7. The maximum atomic E-state index is 5.71. The molecule has 0 fully saturated rings. The molecule has 0 bridgehead atoms.